The van der Waals surface area contributed by atoms with Crippen LogP contribution in [0.4, 0.5) is 0 Å². The Labute approximate surface area is 141 Å². The van der Waals surface area contributed by atoms with E-state index in [9.17, 15) is 0 Å². The predicted molar refractivity (Wildman–Crippen MR) is 94.3 cm³/mol. The van der Waals surface area contributed by atoms with Crippen molar-refractivity contribution in [3.8, 4) is 10.4 Å². The second-order valence-electron chi connectivity index (χ2n) is 5.39. The first-order valence-corrected chi connectivity index (χ1v) is 8.86. The van der Waals surface area contributed by atoms with Crippen LogP contribution < -0.4 is 0 Å². The smallest absolute Gasteiger partial charge is 0.184 e. The van der Waals surface area contributed by atoms with Crippen LogP contribution >= 0.6 is 27.3 Å². The van der Waals surface area contributed by atoms with Crippen molar-refractivity contribution in [1.29, 1.82) is 0 Å². The molecule has 0 unspecified atom stereocenters. The monoisotopic (exact) mass is 374 g/mol. The number of rotatable bonds is 2. The SMILES string of the molecule is Cc1ccc(-c2sc3ccccc3c2Br)cc1C1OCCO1. The maximum absolute atomic E-state index is 5.67. The van der Waals surface area contributed by atoms with Gasteiger partial charge in [0.1, 0.15) is 0 Å². The highest BCUT2D eigenvalue weighted by Crippen LogP contribution is 2.43. The molecule has 0 atom stereocenters. The fraction of sp³-hybridized carbons (Fsp3) is 0.222. The highest BCUT2D eigenvalue weighted by molar-refractivity contribution is 9.10. The van der Waals surface area contributed by atoms with E-state index < -0.39 is 0 Å². The number of thiophene rings is 1. The number of aryl methyl sites for hydroxylation is 1. The lowest BCUT2D eigenvalue weighted by Crippen LogP contribution is -2.00. The van der Waals surface area contributed by atoms with E-state index in [4.69, 9.17) is 9.47 Å². The molecule has 112 valence electrons. The molecule has 1 saturated heterocycles. The third-order valence-corrected chi connectivity index (χ3v) is 6.26. The first-order chi connectivity index (χ1) is 10.7. The summed E-state index contributed by atoms with van der Waals surface area (Å²) < 4.78 is 13.8. The van der Waals surface area contributed by atoms with E-state index in [1.807, 2.05) is 0 Å². The Morgan fingerprint density at radius 3 is 2.64 bits per heavy atom. The van der Waals surface area contributed by atoms with E-state index in [0.29, 0.717) is 13.2 Å². The van der Waals surface area contributed by atoms with E-state index in [0.717, 1.165) is 10.0 Å². The summed E-state index contributed by atoms with van der Waals surface area (Å²) in [5.41, 5.74) is 3.53. The molecule has 0 N–H and O–H groups in total. The summed E-state index contributed by atoms with van der Waals surface area (Å²) in [4.78, 5) is 1.25. The van der Waals surface area contributed by atoms with Gasteiger partial charge >= 0.3 is 0 Å². The molecule has 0 aliphatic carbocycles. The zero-order valence-electron chi connectivity index (χ0n) is 12.1. The molecule has 2 aromatic carbocycles. The molecule has 4 rings (SSSR count). The van der Waals surface area contributed by atoms with Gasteiger partial charge in [-0.2, -0.15) is 0 Å². The second-order valence-corrected chi connectivity index (χ2v) is 7.23. The molecule has 0 amide bonds. The molecular formula is C18H15BrO2S. The topological polar surface area (TPSA) is 18.5 Å². The molecule has 2 nitrogen and oxygen atoms in total. The Morgan fingerprint density at radius 1 is 1.09 bits per heavy atom. The van der Waals surface area contributed by atoms with Gasteiger partial charge in [-0.25, -0.2) is 0 Å². The summed E-state index contributed by atoms with van der Waals surface area (Å²) in [6, 6.07) is 15.0. The first-order valence-electron chi connectivity index (χ1n) is 7.25. The molecule has 0 saturated carbocycles. The summed E-state index contributed by atoms with van der Waals surface area (Å²) in [7, 11) is 0. The van der Waals surface area contributed by atoms with Crippen molar-refractivity contribution in [3.05, 3.63) is 58.1 Å². The van der Waals surface area contributed by atoms with Gasteiger partial charge in [-0.15, -0.1) is 11.3 Å². The number of hydrogen-bond donors (Lipinski definition) is 0. The van der Waals surface area contributed by atoms with Crippen LogP contribution in [-0.2, 0) is 9.47 Å². The van der Waals surface area contributed by atoms with E-state index in [1.165, 1.54) is 26.1 Å². The number of benzene rings is 2. The fourth-order valence-electron chi connectivity index (χ4n) is 2.77. The van der Waals surface area contributed by atoms with Gasteiger partial charge in [0.05, 0.1) is 13.2 Å². The van der Waals surface area contributed by atoms with E-state index in [2.05, 4.69) is 65.3 Å². The molecule has 2 heterocycles. The van der Waals surface area contributed by atoms with E-state index in [-0.39, 0.29) is 6.29 Å². The van der Waals surface area contributed by atoms with Gasteiger partial charge < -0.3 is 9.47 Å². The summed E-state index contributed by atoms with van der Waals surface area (Å²) in [6.45, 7) is 3.44. The summed E-state index contributed by atoms with van der Waals surface area (Å²) >= 11 is 5.57. The Bertz CT molecular complexity index is 834. The van der Waals surface area contributed by atoms with Gasteiger partial charge in [0.2, 0.25) is 0 Å². The van der Waals surface area contributed by atoms with Crippen LogP contribution in [0.3, 0.4) is 0 Å². The third-order valence-electron chi connectivity index (χ3n) is 3.95. The highest BCUT2D eigenvalue weighted by Gasteiger charge is 2.21. The normalized spacial score (nSPS) is 15.7. The lowest BCUT2D eigenvalue weighted by atomic mass is 10.0. The molecule has 0 radical (unpaired) electrons. The quantitative estimate of drug-likeness (QED) is 0.573. The lowest BCUT2D eigenvalue weighted by molar-refractivity contribution is -0.0445. The number of hydrogen-bond acceptors (Lipinski definition) is 3. The van der Waals surface area contributed by atoms with E-state index in [1.54, 1.807) is 11.3 Å². The second kappa shape index (κ2) is 5.78. The molecular weight excluding hydrogens is 360 g/mol. The van der Waals surface area contributed by atoms with Crippen molar-refractivity contribution in [2.75, 3.05) is 13.2 Å². The average molecular weight is 375 g/mol. The summed E-state index contributed by atoms with van der Waals surface area (Å²) in [6.07, 6.45) is -0.229. The Morgan fingerprint density at radius 2 is 1.86 bits per heavy atom. The van der Waals surface area contributed by atoms with Gasteiger partial charge in [-0.05, 0) is 46.1 Å². The zero-order valence-corrected chi connectivity index (χ0v) is 14.5. The van der Waals surface area contributed by atoms with Crippen LogP contribution in [0.2, 0.25) is 0 Å². The Balaban J connectivity index is 1.84. The van der Waals surface area contributed by atoms with Crippen molar-refractivity contribution in [3.63, 3.8) is 0 Å². The summed E-state index contributed by atoms with van der Waals surface area (Å²) in [5, 5.41) is 1.26. The van der Waals surface area contributed by atoms with Gasteiger partial charge in [-0.3, -0.25) is 0 Å². The van der Waals surface area contributed by atoms with Crippen LogP contribution in [0.5, 0.6) is 0 Å². The van der Waals surface area contributed by atoms with Gasteiger partial charge in [0.15, 0.2) is 6.29 Å². The number of ether oxygens (including phenoxy) is 2. The third kappa shape index (κ3) is 2.40. The largest absolute Gasteiger partial charge is 0.346 e. The predicted octanol–water partition coefficient (Wildman–Crippen LogP) is 5.68. The Kier molecular flexibility index (Phi) is 3.78. The molecule has 1 fully saturated rings. The van der Waals surface area contributed by atoms with Crippen molar-refractivity contribution >= 4 is 37.4 Å². The molecule has 1 aliphatic rings. The number of halogens is 1. The van der Waals surface area contributed by atoms with Crippen LogP contribution in [0.15, 0.2) is 46.9 Å². The fourth-order valence-corrected chi connectivity index (χ4v) is 4.81. The van der Waals surface area contributed by atoms with Crippen molar-refractivity contribution in [2.45, 2.75) is 13.2 Å². The van der Waals surface area contributed by atoms with Crippen LogP contribution in [0.1, 0.15) is 17.4 Å². The van der Waals surface area contributed by atoms with Crippen LogP contribution in [-0.4, -0.2) is 13.2 Å². The van der Waals surface area contributed by atoms with Crippen LogP contribution in [0.25, 0.3) is 20.5 Å². The molecule has 1 aliphatic heterocycles. The van der Waals surface area contributed by atoms with Gasteiger partial charge in [0, 0.05) is 25.0 Å². The maximum Gasteiger partial charge on any atom is 0.184 e. The molecule has 3 aromatic rings. The molecule has 22 heavy (non-hydrogen) atoms. The van der Waals surface area contributed by atoms with E-state index >= 15 is 0 Å². The maximum atomic E-state index is 5.67. The molecule has 0 bridgehead atoms. The molecule has 1 aromatic heterocycles. The zero-order chi connectivity index (χ0) is 15.1. The van der Waals surface area contributed by atoms with Crippen molar-refractivity contribution in [1.82, 2.24) is 0 Å². The minimum Gasteiger partial charge on any atom is -0.346 e. The van der Waals surface area contributed by atoms with Crippen LogP contribution in [0, 0.1) is 6.92 Å². The minimum atomic E-state index is -0.229. The van der Waals surface area contributed by atoms with Gasteiger partial charge in [0.25, 0.3) is 0 Å². The number of fused-ring (bicyclic) bond motifs is 1. The van der Waals surface area contributed by atoms with Crippen molar-refractivity contribution in [2.24, 2.45) is 0 Å². The standard InChI is InChI=1S/C18H15BrO2S/c1-11-6-7-12(10-14(11)18-20-8-9-21-18)17-16(19)13-4-2-3-5-15(13)22-17/h2-7,10,18H,8-9H2,1H3. The lowest BCUT2D eigenvalue weighted by Gasteiger charge is -2.14. The minimum absolute atomic E-state index is 0.229. The molecule has 4 heteroatoms. The Hall–Kier alpha value is -1.20. The highest BCUT2D eigenvalue weighted by atomic mass is 79.9. The first kappa shape index (κ1) is 14.4. The summed E-state index contributed by atoms with van der Waals surface area (Å²) in [5.74, 6) is 0. The van der Waals surface area contributed by atoms with Gasteiger partial charge in [-0.1, -0.05) is 30.3 Å². The average Bonchev–Trinajstić information content (AvgIpc) is 3.17. The molecule has 0 spiro atoms. The van der Waals surface area contributed by atoms with Crippen molar-refractivity contribution < 1.29 is 9.47 Å².